The van der Waals surface area contributed by atoms with Gasteiger partial charge in [0, 0.05) is 61.0 Å². The zero-order chi connectivity index (χ0) is 53.0. The van der Waals surface area contributed by atoms with Gasteiger partial charge in [0.2, 0.25) is 0 Å². The van der Waals surface area contributed by atoms with Gasteiger partial charge in [0.25, 0.3) is 0 Å². The maximum Gasteiger partial charge on any atom is 0.340 e. The predicted molar refractivity (Wildman–Crippen MR) is 279 cm³/mol. The number of carbonyl (C=O) groups excluding carboxylic acids is 5. The van der Waals surface area contributed by atoms with Crippen molar-refractivity contribution in [1.82, 2.24) is 9.97 Å². The Morgan fingerprint density at radius 3 is 1.13 bits per heavy atom. The minimum absolute atomic E-state index is 0. The molecule has 6 aromatic carbocycles. The lowest BCUT2D eigenvalue weighted by Gasteiger charge is -2.14. The molecule has 2 aliphatic carbocycles. The number of rotatable bonds is 18. The van der Waals surface area contributed by atoms with Gasteiger partial charge in [-0.3, -0.25) is 29.1 Å². The van der Waals surface area contributed by atoms with Crippen LogP contribution in [0.4, 0.5) is 17.6 Å². The third kappa shape index (κ3) is 12.4. The first-order valence-corrected chi connectivity index (χ1v) is 23.7. The molecule has 394 valence electrons. The summed E-state index contributed by atoms with van der Waals surface area (Å²) in [5, 5.41) is 10.0. The van der Waals surface area contributed by atoms with E-state index in [0.29, 0.717) is 81.7 Å². The van der Waals surface area contributed by atoms with Crippen LogP contribution in [-0.4, -0.2) is 57.3 Å². The first-order valence-electron chi connectivity index (χ1n) is 23.7. The molecule has 2 aliphatic rings. The maximum absolute atomic E-state index is 14.3. The van der Waals surface area contributed by atoms with Gasteiger partial charge in [0.05, 0.1) is 40.1 Å². The van der Waals surface area contributed by atoms with E-state index in [2.05, 4.69) is 14.7 Å². The third-order valence-corrected chi connectivity index (χ3v) is 13.4. The van der Waals surface area contributed by atoms with Gasteiger partial charge in [0.15, 0.2) is 23.1 Å². The van der Waals surface area contributed by atoms with Gasteiger partial charge in [-0.1, -0.05) is 63.4 Å². The second-order valence-electron chi connectivity index (χ2n) is 18.4. The van der Waals surface area contributed by atoms with Gasteiger partial charge < -0.3 is 19.3 Å². The zero-order valence-corrected chi connectivity index (χ0v) is 40.0. The second kappa shape index (κ2) is 23.3. The van der Waals surface area contributed by atoms with E-state index in [9.17, 15) is 51.4 Å². The highest BCUT2D eigenvalue weighted by molar-refractivity contribution is 6.11. The number of carboxylic acids is 1. The number of nitrogens with zero attached hydrogens (tertiary/aromatic N) is 2. The highest BCUT2D eigenvalue weighted by Crippen LogP contribution is 2.50. The number of ketones is 4. The number of Topliss-reactive ketones (excluding diaryl/α,β-unsaturated/α-hetero) is 4. The molecule has 0 unspecified atom stereocenters. The van der Waals surface area contributed by atoms with E-state index in [1.807, 2.05) is 0 Å². The van der Waals surface area contributed by atoms with Crippen LogP contribution in [-0.2, 0) is 49.6 Å². The lowest BCUT2D eigenvalue weighted by molar-refractivity contribution is -0.135. The average Bonchev–Trinajstić information content (AvgIpc) is 4.36. The molecule has 77 heavy (non-hydrogen) atoms. The van der Waals surface area contributed by atoms with Gasteiger partial charge in [-0.25, -0.2) is 27.2 Å². The Morgan fingerprint density at radius 2 is 0.805 bits per heavy atom. The highest BCUT2D eigenvalue weighted by atomic mass is 19.1. The highest BCUT2D eigenvalue weighted by Gasteiger charge is 2.55. The maximum atomic E-state index is 14.3. The van der Waals surface area contributed by atoms with Crippen LogP contribution in [0.1, 0.15) is 83.5 Å². The van der Waals surface area contributed by atoms with Gasteiger partial charge >= 0.3 is 11.9 Å². The Bertz CT molecular complexity index is 3540. The number of hydrogen-bond acceptors (Lipinski definition) is 11. The molecule has 8 aromatic rings. The number of hydrogen-bond donors (Lipinski definition) is 1. The molecule has 2 fully saturated rings. The molecule has 2 aromatic heterocycles. The summed E-state index contributed by atoms with van der Waals surface area (Å²) < 4.78 is 71.1. The van der Waals surface area contributed by atoms with Crippen molar-refractivity contribution in [3.63, 3.8) is 0 Å². The number of carbonyl (C=O) groups is 6. The fraction of sp³-hybridized carbons (Fsp3) is 0.213. The largest absolute Gasteiger partial charge is 0.478 e. The lowest BCUT2D eigenvalue weighted by Crippen LogP contribution is -2.28. The van der Waals surface area contributed by atoms with Crippen molar-refractivity contribution < 1.29 is 65.6 Å². The summed E-state index contributed by atoms with van der Waals surface area (Å²) in [7, 11) is 1.17. The monoisotopic (exact) mass is 1050 g/mol. The number of benzene rings is 6. The minimum Gasteiger partial charge on any atom is -0.478 e. The van der Waals surface area contributed by atoms with E-state index >= 15 is 0 Å². The fourth-order valence-corrected chi connectivity index (χ4v) is 8.80. The average molecular weight is 1050 g/mol. The summed E-state index contributed by atoms with van der Waals surface area (Å²) >= 11 is 0. The fourth-order valence-electron chi connectivity index (χ4n) is 8.80. The van der Waals surface area contributed by atoms with Crippen molar-refractivity contribution in [3.8, 4) is 23.0 Å². The number of ether oxygens (including phenoxy) is 3. The summed E-state index contributed by atoms with van der Waals surface area (Å²) in [5.74, 6) is -3.57. The smallest absolute Gasteiger partial charge is 0.340 e. The Labute approximate surface area is 440 Å². The zero-order valence-electron chi connectivity index (χ0n) is 40.0. The molecule has 0 bridgehead atoms. The number of aromatic carboxylic acids is 1. The normalized spacial score (nSPS) is 13.4. The molecule has 12 nitrogen and oxygen atoms in total. The van der Waals surface area contributed by atoms with Crippen LogP contribution in [0.15, 0.2) is 146 Å². The standard InChI is InChI=1S/C30H23F2NO5.C29H21F2NO5.2CH4/c1-37-29(36)22-16-23-25(17-24(22)32)33-13-10-26(23)38-21-8-4-19(5-9-21)15-28(35)30(11-12-30)27(34)14-18-2-6-20(31)7-3-18;30-19-5-1-17(2-6-19)13-26(33)29(10-11-29)27(34)14-18-3-7-20(8-4-18)37-25-9-12-32-24-16-23(31)21(28(35)36)15-22(24)25;;/h2-10,13,16-17H,11-12,14-15H2,1H3;1-9,12,15-16H,10-11,13-14H2,(H,35,36);2*1H4. The number of aromatic nitrogens is 2. The molecule has 0 aliphatic heterocycles. The van der Waals surface area contributed by atoms with Gasteiger partial charge in [-0.15, -0.1) is 0 Å². The molecule has 2 saturated carbocycles. The van der Waals surface area contributed by atoms with E-state index in [1.54, 1.807) is 84.9 Å². The van der Waals surface area contributed by atoms with E-state index in [4.69, 9.17) is 9.47 Å². The minimum atomic E-state index is -1.40. The summed E-state index contributed by atoms with van der Waals surface area (Å²) in [6, 6.07) is 32.9. The topological polar surface area (TPSA) is 176 Å². The Kier molecular flexibility index (Phi) is 16.9. The van der Waals surface area contributed by atoms with Crippen molar-refractivity contribution in [2.75, 3.05) is 7.11 Å². The first kappa shape index (κ1) is 55.8. The number of pyridine rings is 2. The van der Waals surface area contributed by atoms with E-state index in [-0.39, 0.29) is 86.4 Å². The molecule has 10 rings (SSSR count). The van der Waals surface area contributed by atoms with E-state index in [0.717, 1.165) is 17.7 Å². The van der Waals surface area contributed by atoms with Crippen molar-refractivity contribution in [3.05, 3.63) is 203 Å². The predicted octanol–water partition coefficient (Wildman–Crippen LogP) is 12.8. The Hall–Kier alpha value is -8.92. The van der Waals surface area contributed by atoms with Gasteiger partial charge in [-0.2, -0.15) is 0 Å². The first-order chi connectivity index (χ1) is 36.0. The molecule has 1 N–H and O–H groups in total. The summed E-state index contributed by atoms with van der Waals surface area (Å²) in [6.45, 7) is 0. The van der Waals surface area contributed by atoms with Crippen LogP contribution in [0.5, 0.6) is 23.0 Å². The summed E-state index contributed by atoms with van der Waals surface area (Å²) in [6.07, 6.45) is 5.37. The van der Waals surface area contributed by atoms with Crippen LogP contribution in [0, 0.1) is 34.1 Å². The third-order valence-electron chi connectivity index (χ3n) is 13.4. The number of methoxy groups -OCH3 is 1. The Morgan fingerprint density at radius 1 is 0.481 bits per heavy atom. The van der Waals surface area contributed by atoms with Crippen LogP contribution in [0.3, 0.4) is 0 Å². The molecule has 16 heteroatoms. The van der Waals surface area contributed by atoms with E-state index in [1.165, 1.54) is 55.9 Å². The number of halogens is 4. The molecule has 0 atom stereocenters. The quantitative estimate of drug-likeness (QED) is 0.0490. The number of fused-ring (bicyclic) bond motifs is 2. The molecule has 0 saturated heterocycles. The van der Waals surface area contributed by atoms with Crippen molar-refractivity contribution >= 4 is 56.9 Å². The number of carboxylic acid groups (broad SMARTS) is 1. The summed E-state index contributed by atoms with van der Waals surface area (Å²) in [5.41, 5.74) is 0.721. The van der Waals surface area contributed by atoms with Crippen molar-refractivity contribution in [2.45, 2.75) is 66.2 Å². The van der Waals surface area contributed by atoms with Gasteiger partial charge in [0.1, 0.15) is 46.3 Å². The Balaban J connectivity index is 0.000000218. The lowest BCUT2D eigenvalue weighted by atomic mass is 9.88. The molecular weight excluding hydrogens is 997 g/mol. The van der Waals surface area contributed by atoms with Crippen LogP contribution < -0.4 is 9.47 Å². The van der Waals surface area contributed by atoms with Crippen LogP contribution >= 0.6 is 0 Å². The van der Waals surface area contributed by atoms with Gasteiger partial charge in [-0.05, 0) is 121 Å². The molecule has 0 spiro atoms. The molecule has 0 amide bonds. The van der Waals surface area contributed by atoms with Crippen molar-refractivity contribution in [1.29, 1.82) is 0 Å². The number of esters is 1. The van der Waals surface area contributed by atoms with E-state index < -0.39 is 40.0 Å². The second-order valence-corrected chi connectivity index (χ2v) is 18.4. The van der Waals surface area contributed by atoms with Crippen molar-refractivity contribution in [2.24, 2.45) is 10.8 Å². The molecular formula is C61H52F4N2O10. The molecule has 0 radical (unpaired) electrons. The van der Waals surface area contributed by atoms with Crippen LogP contribution in [0.25, 0.3) is 21.8 Å². The molecule has 2 heterocycles. The van der Waals surface area contributed by atoms with Crippen LogP contribution in [0.2, 0.25) is 0 Å². The SMILES string of the molecule is C.C.COC(=O)c1cc2c(Oc3ccc(CC(=O)C4(C(=O)Cc5ccc(F)cc5)CC4)cc3)ccnc2cc1F.O=C(O)c1cc2c(Oc3ccc(CC(=O)C4(C(=O)Cc5ccc(F)cc5)CC4)cc3)ccnc2cc1F. The summed E-state index contributed by atoms with van der Waals surface area (Å²) in [4.78, 5) is 83.3.